The first-order valence-corrected chi connectivity index (χ1v) is 10.9. The average Bonchev–Trinajstić information content (AvgIpc) is 3.23. The van der Waals surface area contributed by atoms with Crippen molar-refractivity contribution >= 4 is 17.1 Å². The number of aryl methyl sites for hydroxylation is 1. The molecular weight excluding hydrogens is 420 g/mol. The first-order chi connectivity index (χ1) is 16.1. The van der Waals surface area contributed by atoms with Crippen LogP contribution in [-0.2, 0) is 16.0 Å². The van der Waals surface area contributed by atoms with E-state index in [1.165, 1.54) is 11.9 Å². The number of ether oxygens (including phenoxy) is 2. The van der Waals surface area contributed by atoms with Crippen LogP contribution in [0, 0.1) is 0 Å². The van der Waals surface area contributed by atoms with E-state index in [0.29, 0.717) is 22.7 Å². The standard InChI is InChI=1S/C26H26N2O5/c1-3-18-9-11-19(12-10-18)22-23-25(32-17(2)15-31-14-13-21(29)30)27-16-28-26(23)33-24(22)20-7-5-4-6-8-20/h4-12,16-17H,3,13-15H2,1-2H3,(H,29,30)/t17-/m0/s1. The summed E-state index contributed by atoms with van der Waals surface area (Å²) in [7, 11) is 0. The number of carbonyl (C=O) groups is 1. The van der Waals surface area contributed by atoms with E-state index in [1.54, 1.807) is 0 Å². The smallest absolute Gasteiger partial charge is 0.305 e. The summed E-state index contributed by atoms with van der Waals surface area (Å²) in [6.45, 7) is 4.34. The second-order valence-corrected chi connectivity index (χ2v) is 7.73. The fourth-order valence-corrected chi connectivity index (χ4v) is 3.60. The molecule has 7 heteroatoms. The summed E-state index contributed by atoms with van der Waals surface area (Å²) in [5, 5.41) is 9.45. The van der Waals surface area contributed by atoms with Crippen molar-refractivity contribution < 1.29 is 23.8 Å². The van der Waals surface area contributed by atoms with Crippen LogP contribution in [0.5, 0.6) is 5.88 Å². The summed E-state index contributed by atoms with van der Waals surface area (Å²) in [6.07, 6.45) is 1.97. The fourth-order valence-electron chi connectivity index (χ4n) is 3.60. The Kier molecular flexibility index (Phi) is 7.00. The maximum atomic E-state index is 10.7. The Labute approximate surface area is 192 Å². The van der Waals surface area contributed by atoms with Gasteiger partial charge in [0.15, 0.2) is 0 Å². The molecule has 2 aromatic carbocycles. The zero-order valence-electron chi connectivity index (χ0n) is 18.7. The predicted molar refractivity (Wildman–Crippen MR) is 125 cm³/mol. The van der Waals surface area contributed by atoms with Crippen LogP contribution in [0.25, 0.3) is 33.6 Å². The van der Waals surface area contributed by atoms with Gasteiger partial charge in [0.2, 0.25) is 11.6 Å². The number of carboxylic acids is 1. The quantitative estimate of drug-likeness (QED) is 0.327. The zero-order valence-corrected chi connectivity index (χ0v) is 18.7. The normalized spacial score (nSPS) is 12.1. The second kappa shape index (κ2) is 10.3. The predicted octanol–water partition coefficient (Wildman–Crippen LogP) is 5.38. The molecule has 0 radical (unpaired) electrons. The number of hydrogen-bond donors (Lipinski definition) is 1. The third-order valence-electron chi connectivity index (χ3n) is 5.27. The third kappa shape index (κ3) is 5.21. The van der Waals surface area contributed by atoms with Crippen molar-refractivity contribution in [1.29, 1.82) is 0 Å². The van der Waals surface area contributed by atoms with Gasteiger partial charge in [0.05, 0.1) is 19.6 Å². The molecule has 0 saturated heterocycles. The summed E-state index contributed by atoms with van der Waals surface area (Å²) >= 11 is 0. The molecule has 4 aromatic rings. The molecule has 0 spiro atoms. The maximum absolute atomic E-state index is 10.7. The van der Waals surface area contributed by atoms with Gasteiger partial charge >= 0.3 is 5.97 Å². The number of hydrogen-bond acceptors (Lipinski definition) is 6. The molecular formula is C26H26N2O5. The molecule has 1 N–H and O–H groups in total. The molecule has 7 nitrogen and oxygen atoms in total. The van der Waals surface area contributed by atoms with Crippen molar-refractivity contribution in [2.24, 2.45) is 0 Å². The van der Waals surface area contributed by atoms with Gasteiger partial charge in [-0.2, -0.15) is 0 Å². The number of fused-ring (bicyclic) bond motifs is 1. The topological polar surface area (TPSA) is 94.7 Å². The minimum atomic E-state index is -0.897. The lowest BCUT2D eigenvalue weighted by Crippen LogP contribution is -2.20. The highest BCUT2D eigenvalue weighted by Gasteiger charge is 2.23. The molecule has 0 bridgehead atoms. The molecule has 1 atom stereocenters. The Hall–Kier alpha value is -3.71. The number of benzene rings is 2. The number of nitrogens with zero attached hydrogens (tertiary/aromatic N) is 2. The van der Waals surface area contributed by atoms with Gasteiger partial charge in [0.1, 0.15) is 23.6 Å². The van der Waals surface area contributed by atoms with Crippen molar-refractivity contribution in [2.45, 2.75) is 32.8 Å². The number of carboxylic acid groups (broad SMARTS) is 1. The van der Waals surface area contributed by atoms with E-state index < -0.39 is 5.97 Å². The second-order valence-electron chi connectivity index (χ2n) is 7.73. The van der Waals surface area contributed by atoms with E-state index >= 15 is 0 Å². The van der Waals surface area contributed by atoms with Gasteiger partial charge in [-0.05, 0) is 24.5 Å². The lowest BCUT2D eigenvalue weighted by atomic mass is 9.98. The minimum absolute atomic E-state index is 0.0510. The highest BCUT2D eigenvalue weighted by atomic mass is 16.5. The molecule has 0 aliphatic carbocycles. The van der Waals surface area contributed by atoms with E-state index in [1.807, 2.05) is 37.3 Å². The average molecular weight is 447 g/mol. The van der Waals surface area contributed by atoms with Crippen molar-refractivity contribution in [3.8, 4) is 28.3 Å². The van der Waals surface area contributed by atoms with Gasteiger partial charge in [-0.3, -0.25) is 4.79 Å². The Morgan fingerprint density at radius 3 is 2.52 bits per heavy atom. The van der Waals surface area contributed by atoms with Gasteiger partial charge < -0.3 is 19.0 Å². The molecule has 0 aliphatic rings. The lowest BCUT2D eigenvalue weighted by Gasteiger charge is -2.15. The monoisotopic (exact) mass is 446 g/mol. The molecule has 0 saturated carbocycles. The molecule has 0 fully saturated rings. The summed E-state index contributed by atoms with van der Waals surface area (Å²) in [4.78, 5) is 19.4. The van der Waals surface area contributed by atoms with E-state index in [-0.39, 0.29) is 25.7 Å². The van der Waals surface area contributed by atoms with Crippen LogP contribution in [0.15, 0.2) is 65.3 Å². The molecule has 33 heavy (non-hydrogen) atoms. The van der Waals surface area contributed by atoms with Crippen LogP contribution in [0.3, 0.4) is 0 Å². The van der Waals surface area contributed by atoms with E-state index in [9.17, 15) is 4.79 Å². The highest BCUT2D eigenvalue weighted by Crippen LogP contribution is 2.43. The molecule has 2 heterocycles. The van der Waals surface area contributed by atoms with Gasteiger partial charge in [-0.1, -0.05) is 61.5 Å². The number of furan rings is 1. The summed E-state index contributed by atoms with van der Waals surface area (Å²) in [6, 6.07) is 18.2. The van der Waals surface area contributed by atoms with Gasteiger partial charge in [-0.15, -0.1) is 0 Å². The number of rotatable bonds is 10. The zero-order chi connectivity index (χ0) is 23.2. The van der Waals surface area contributed by atoms with Gasteiger partial charge in [0.25, 0.3) is 0 Å². The summed E-state index contributed by atoms with van der Waals surface area (Å²) in [5.74, 6) is 0.201. The van der Waals surface area contributed by atoms with E-state index in [0.717, 1.165) is 23.1 Å². The first kappa shape index (κ1) is 22.5. The van der Waals surface area contributed by atoms with Crippen LogP contribution in [0.1, 0.15) is 25.8 Å². The fraction of sp³-hybridized carbons (Fsp3) is 0.269. The largest absolute Gasteiger partial charge is 0.481 e. The van der Waals surface area contributed by atoms with E-state index in [4.69, 9.17) is 19.0 Å². The van der Waals surface area contributed by atoms with Gasteiger partial charge in [-0.25, -0.2) is 9.97 Å². The molecule has 2 aromatic heterocycles. The van der Waals surface area contributed by atoms with Crippen LogP contribution in [0.4, 0.5) is 0 Å². The Morgan fingerprint density at radius 2 is 1.82 bits per heavy atom. The Bertz CT molecular complexity index is 1220. The lowest BCUT2D eigenvalue weighted by molar-refractivity contribution is -0.138. The van der Waals surface area contributed by atoms with Gasteiger partial charge in [0, 0.05) is 11.1 Å². The molecule has 0 unspecified atom stereocenters. The van der Waals surface area contributed by atoms with Crippen LogP contribution < -0.4 is 4.74 Å². The first-order valence-electron chi connectivity index (χ1n) is 10.9. The van der Waals surface area contributed by atoms with Crippen LogP contribution in [-0.4, -0.2) is 40.4 Å². The Morgan fingerprint density at radius 1 is 1.06 bits per heavy atom. The SMILES string of the molecule is CCc1ccc(-c2c(-c3ccccc3)oc3ncnc(O[C@@H](C)COCCC(=O)O)c23)cc1. The third-order valence-corrected chi connectivity index (χ3v) is 5.27. The number of aliphatic carboxylic acids is 1. The van der Waals surface area contributed by atoms with Crippen molar-refractivity contribution in [3.63, 3.8) is 0 Å². The summed E-state index contributed by atoms with van der Waals surface area (Å²) < 4.78 is 17.8. The highest BCUT2D eigenvalue weighted by molar-refractivity contribution is 6.03. The number of aromatic nitrogens is 2. The van der Waals surface area contributed by atoms with Crippen LogP contribution in [0.2, 0.25) is 0 Å². The van der Waals surface area contributed by atoms with Crippen molar-refractivity contribution in [1.82, 2.24) is 9.97 Å². The molecule has 4 rings (SSSR count). The summed E-state index contributed by atoms with van der Waals surface area (Å²) in [5.41, 5.74) is 4.46. The van der Waals surface area contributed by atoms with Crippen molar-refractivity contribution in [2.75, 3.05) is 13.2 Å². The van der Waals surface area contributed by atoms with Crippen LogP contribution >= 0.6 is 0 Å². The van der Waals surface area contributed by atoms with Crippen molar-refractivity contribution in [3.05, 3.63) is 66.5 Å². The maximum Gasteiger partial charge on any atom is 0.305 e. The Balaban J connectivity index is 1.74. The molecule has 0 amide bonds. The minimum Gasteiger partial charge on any atom is -0.481 e. The molecule has 0 aliphatic heterocycles. The molecule has 170 valence electrons. The van der Waals surface area contributed by atoms with E-state index in [2.05, 4.69) is 41.2 Å².